The number of benzene rings is 1. The first kappa shape index (κ1) is 15.7. The number of nitrogens with one attached hydrogen (secondary N) is 1. The number of halogens is 1. The maximum Gasteiger partial charge on any atom is 0.263 e. The Balaban J connectivity index is 2.16. The standard InChI is InChI=1S/C14H17FN2O3S/c1-19-7-8(20-2)6-17-14(18)13-12(16)11-9(15)4-3-5-10(11)21-13/h3-5,8H,6-7,16H2,1-2H3,(H,17,18). The number of amides is 1. The third-order valence-corrected chi connectivity index (χ3v) is 4.25. The fraction of sp³-hybridized carbons (Fsp3) is 0.357. The second kappa shape index (κ2) is 6.84. The topological polar surface area (TPSA) is 73.6 Å². The van der Waals surface area contributed by atoms with Gasteiger partial charge >= 0.3 is 0 Å². The van der Waals surface area contributed by atoms with Crippen molar-refractivity contribution in [1.82, 2.24) is 5.32 Å². The molecule has 0 bridgehead atoms. The van der Waals surface area contributed by atoms with Crippen LogP contribution in [0.15, 0.2) is 18.2 Å². The Morgan fingerprint density at radius 3 is 2.86 bits per heavy atom. The molecule has 1 aromatic carbocycles. The minimum absolute atomic E-state index is 0.173. The number of anilines is 1. The summed E-state index contributed by atoms with van der Waals surface area (Å²) in [5.74, 6) is -0.763. The van der Waals surface area contributed by atoms with Crippen LogP contribution in [-0.4, -0.2) is 39.4 Å². The van der Waals surface area contributed by atoms with Gasteiger partial charge in [0, 0.05) is 25.5 Å². The Hall–Kier alpha value is -1.70. The maximum absolute atomic E-state index is 13.8. The first-order chi connectivity index (χ1) is 10.1. The lowest BCUT2D eigenvalue weighted by Crippen LogP contribution is -2.35. The van der Waals surface area contributed by atoms with Crippen LogP contribution in [0.3, 0.4) is 0 Å². The van der Waals surface area contributed by atoms with Crippen LogP contribution in [0.1, 0.15) is 9.67 Å². The molecule has 1 heterocycles. The van der Waals surface area contributed by atoms with E-state index in [2.05, 4.69) is 5.32 Å². The Labute approximate surface area is 125 Å². The molecule has 0 saturated heterocycles. The van der Waals surface area contributed by atoms with Crippen LogP contribution >= 0.6 is 11.3 Å². The fourth-order valence-electron chi connectivity index (χ4n) is 1.98. The van der Waals surface area contributed by atoms with Crippen LogP contribution in [0, 0.1) is 5.82 Å². The van der Waals surface area contributed by atoms with E-state index in [1.54, 1.807) is 26.4 Å². The Morgan fingerprint density at radius 2 is 2.24 bits per heavy atom. The van der Waals surface area contributed by atoms with Gasteiger partial charge in [-0.15, -0.1) is 11.3 Å². The van der Waals surface area contributed by atoms with Crippen molar-refractivity contribution in [2.75, 3.05) is 33.1 Å². The molecule has 0 aliphatic heterocycles. The second-order valence-corrected chi connectivity index (χ2v) is 5.53. The average molecular weight is 312 g/mol. The van der Waals surface area contributed by atoms with Gasteiger partial charge in [-0.1, -0.05) is 6.07 Å². The number of rotatable bonds is 6. The van der Waals surface area contributed by atoms with Gasteiger partial charge in [0.25, 0.3) is 5.91 Å². The highest BCUT2D eigenvalue weighted by Crippen LogP contribution is 2.35. The van der Waals surface area contributed by atoms with E-state index < -0.39 is 5.82 Å². The fourth-order valence-corrected chi connectivity index (χ4v) is 3.03. The molecular weight excluding hydrogens is 295 g/mol. The number of hydrogen-bond acceptors (Lipinski definition) is 5. The van der Waals surface area contributed by atoms with Crippen molar-refractivity contribution in [2.45, 2.75) is 6.10 Å². The normalized spacial score (nSPS) is 12.5. The van der Waals surface area contributed by atoms with Crippen LogP contribution in [0.25, 0.3) is 10.1 Å². The van der Waals surface area contributed by atoms with Gasteiger partial charge in [-0.2, -0.15) is 0 Å². The Bertz CT molecular complexity index is 644. The van der Waals surface area contributed by atoms with Crippen LogP contribution in [0.5, 0.6) is 0 Å². The molecule has 0 fully saturated rings. The summed E-state index contributed by atoms with van der Waals surface area (Å²) in [5.41, 5.74) is 6.06. The van der Waals surface area contributed by atoms with E-state index in [0.717, 1.165) is 0 Å². The number of nitrogens with two attached hydrogens (primary N) is 1. The van der Waals surface area contributed by atoms with Gasteiger partial charge in [-0.3, -0.25) is 4.79 Å². The van der Waals surface area contributed by atoms with Crippen LogP contribution in [-0.2, 0) is 9.47 Å². The predicted molar refractivity (Wildman–Crippen MR) is 81.2 cm³/mol. The second-order valence-electron chi connectivity index (χ2n) is 4.48. The zero-order valence-electron chi connectivity index (χ0n) is 11.8. The van der Waals surface area contributed by atoms with E-state index in [9.17, 15) is 9.18 Å². The molecule has 0 radical (unpaired) electrons. The summed E-state index contributed by atoms with van der Waals surface area (Å²) in [5, 5.41) is 3.02. The van der Waals surface area contributed by atoms with Crippen molar-refractivity contribution in [3.63, 3.8) is 0 Å². The molecule has 7 heteroatoms. The number of ether oxygens (including phenoxy) is 2. The van der Waals surface area contributed by atoms with E-state index in [1.807, 2.05) is 0 Å². The zero-order valence-corrected chi connectivity index (χ0v) is 12.6. The minimum Gasteiger partial charge on any atom is -0.397 e. The molecule has 2 aromatic rings. The van der Waals surface area contributed by atoms with Crippen molar-refractivity contribution in [1.29, 1.82) is 0 Å². The molecule has 0 aliphatic rings. The highest BCUT2D eigenvalue weighted by atomic mass is 32.1. The number of carbonyl (C=O) groups excluding carboxylic acids is 1. The summed E-state index contributed by atoms with van der Waals surface area (Å²) in [6.45, 7) is 0.659. The van der Waals surface area contributed by atoms with Gasteiger partial charge in [0.15, 0.2) is 0 Å². The van der Waals surface area contributed by atoms with Crippen LogP contribution in [0.2, 0.25) is 0 Å². The Kier molecular flexibility index (Phi) is 5.11. The van der Waals surface area contributed by atoms with Crippen LogP contribution in [0.4, 0.5) is 10.1 Å². The number of thiophene rings is 1. The molecule has 114 valence electrons. The number of methoxy groups -OCH3 is 2. The van der Waals surface area contributed by atoms with E-state index in [0.29, 0.717) is 28.1 Å². The van der Waals surface area contributed by atoms with Crippen molar-refractivity contribution in [3.8, 4) is 0 Å². The zero-order chi connectivity index (χ0) is 15.4. The van der Waals surface area contributed by atoms with Gasteiger partial charge in [0.1, 0.15) is 10.7 Å². The number of nitrogen functional groups attached to an aromatic ring is 1. The number of carbonyl (C=O) groups is 1. The number of fused-ring (bicyclic) bond motifs is 1. The number of hydrogen-bond donors (Lipinski definition) is 2. The molecule has 0 aliphatic carbocycles. The summed E-state index contributed by atoms with van der Waals surface area (Å²) in [6, 6.07) is 4.65. The highest BCUT2D eigenvalue weighted by Gasteiger charge is 2.19. The molecule has 1 atom stereocenters. The third kappa shape index (κ3) is 3.31. The summed E-state index contributed by atoms with van der Waals surface area (Å²) in [6.07, 6.45) is -0.244. The van der Waals surface area contributed by atoms with Gasteiger partial charge < -0.3 is 20.5 Å². The first-order valence-electron chi connectivity index (χ1n) is 6.34. The van der Waals surface area contributed by atoms with Crippen molar-refractivity contribution in [2.24, 2.45) is 0 Å². The summed E-state index contributed by atoms with van der Waals surface area (Å²) in [7, 11) is 3.10. The first-order valence-corrected chi connectivity index (χ1v) is 7.16. The van der Waals surface area contributed by atoms with Gasteiger partial charge in [0.05, 0.1) is 23.8 Å². The third-order valence-electron chi connectivity index (χ3n) is 3.08. The molecular formula is C14H17FN2O3S. The monoisotopic (exact) mass is 312 g/mol. The smallest absolute Gasteiger partial charge is 0.263 e. The van der Waals surface area contributed by atoms with E-state index in [1.165, 1.54) is 17.4 Å². The van der Waals surface area contributed by atoms with Crippen LogP contribution < -0.4 is 11.1 Å². The molecule has 0 spiro atoms. The summed E-state index contributed by atoms with van der Waals surface area (Å²) < 4.78 is 24.5. The van der Waals surface area contributed by atoms with Crippen molar-refractivity contribution in [3.05, 3.63) is 28.9 Å². The SMILES string of the molecule is COCC(CNC(=O)c1sc2cccc(F)c2c1N)OC. The lowest BCUT2D eigenvalue weighted by molar-refractivity contribution is 0.0286. The molecule has 5 nitrogen and oxygen atoms in total. The molecule has 2 rings (SSSR count). The lowest BCUT2D eigenvalue weighted by atomic mass is 10.2. The van der Waals surface area contributed by atoms with Gasteiger partial charge in [0.2, 0.25) is 0 Å². The lowest BCUT2D eigenvalue weighted by Gasteiger charge is -2.14. The van der Waals surface area contributed by atoms with Gasteiger partial charge in [-0.05, 0) is 12.1 Å². The minimum atomic E-state index is -0.422. The predicted octanol–water partition coefficient (Wildman–Crippen LogP) is 2.01. The maximum atomic E-state index is 13.8. The molecule has 1 aromatic heterocycles. The molecule has 3 N–H and O–H groups in total. The summed E-state index contributed by atoms with van der Waals surface area (Å²) >= 11 is 1.17. The molecule has 0 saturated carbocycles. The van der Waals surface area contributed by atoms with Crippen molar-refractivity contribution >= 4 is 33.0 Å². The van der Waals surface area contributed by atoms with E-state index >= 15 is 0 Å². The Morgan fingerprint density at radius 1 is 1.48 bits per heavy atom. The quantitative estimate of drug-likeness (QED) is 0.856. The molecule has 21 heavy (non-hydrogen) atoms. The molecule has 1 unspecified atom stereocenters. The average Bonchev–Trinajstić information content (AvgIpc) is 2.81. The van der Waals surface area contributed by atoms with Crippen molar-refractivity contribution < 1.29 is 18.7 Å². The van der Waals surface area contributed by atoms with E-state index in [4.69, 9.17) is 15.2 Å². The summed E-state index contributed by atoms with van der Waals surface area (Å²) in [4.78, 5) is 12.5. The van der Waals surface area contributed by atoms with Gasteiger partial charge in [-0.25, -0.2) is 4.39 Å². The molecule has 1 amide bonds. The largest absolute Gasteiger partial charge is 0.397 e. The van der Waals surface area contributed by atoms with E-state index in [-0.39, 0.29) is 17.7 Å². The highest BCUT2D eigenvalue weighted by molar-refractivity contribution is 7.21.